The van der Waals surface area contributed by atoms with Gasteiger partial charge < -0.3 is 24.4 Å². The lowest BCUT2D eigenvalue weighted by Gasteiger charge is -2.08. The van der Waals surface area contributed by atoms with Crippen LogP contribution in [0.4, 0.5) is 5.69 Å². The van der Waals surface area contributed by atoms with Crippen molar-refractivity contribution in [2.24, 2.45) is 0 Å². The molecule has 0 bridgehead atoms. The summed E-state index contributed by atoms with van der Waals surface area (Å²) in [7, 11) is 0. The van der Waals surface area contributed by atoms with Crippen molar-refractivity contribution < 1.29 is 18.7 Å². The van der Waals surface area contributed by atoms with E-state index in [9.17, 15) is 14.4 Å². The molecule has 3 aromatic rings. The zero-order valence-electron chi connectivity index (χ0n) is 15.9. The molecule has 8 nitrogen and oxygen atoms in total. The van der Waals surface area contributed by atoms with Gasteiger partial charge in [0.25, 0.3) is 17.4 Å². The summed E-state index contributed by atoms with van der Waals surface area (Å²) in [6.45, 7) is 2.55. The van der Waals surface area contributed by atoms with Gasteiger partial charge in [0.1, 0.15) is 11.5 Å². The first kappa shape index (κ1) is 19.9. The van der Waals surface area contributed by atoms with Crippen molar-refractivity contribution in [2.75, 3.05) is 18.5 Å². The van der Waals surface area contributed by atoms with E-state index in [2.05, 4.69) is 10.6 Å². The number of benzene rings is 1. The van der Waals surface area contributed by atoms with Crippen molar-refractivity contribution in [3.05, 3.63) is 82.7 Å². The Kier molecular flexibility index (Phi) is 6.47. The van der Waals surface area contributed by atoms with Gasteiger partial charge in [-0.05, 0) is 49.4 Å². The molecule has 2 aromatic heterocycles. The number of hydrogen-bond acceptors (Lipinski definition) is 5. The molecule has 0 radical (unpaired) electrons. The van der Waals surface area contributed by atoms with Gasteiger partial charge in [0, 0.05) is 24.5 Å². The topological polar surface area (TPSA) is 103 Å². The maximum absolute atomic E-state index is 12.4. The maximum Gasteiger partial charge on any atom is 0.291 e. The Bertz CT molecular complexity index is 1040. The van der Waals surface area contributed by atoms with E-state index >= 15 is 0 Å². The molecule has 1 aromatic carbocycles. The zero-order chi connectivity index (χ0) is 20.6. The summed E-state index contributed by atoms with van der Waals surface area (Å²) in [6, 6.07) is 14.7. The average Bonchev–Trinajstić information content (AvgIpc) is 3.18. The van der Waals surface area contributed by atoms with E-state index in [1.54, 1.807) is 54.7 Å². The Morgan fingerprint density at radius 1 is 1.07 bits per heavy atom. The number of likely N-dealkylation sites (N-methyl/N-ethyl adjacent to an activating group) is 1. The molecule has 0 fully saturated rings. The first-order chi connectivity index (χ1) is 14.0. The molecule has 0 unspecified atom stereocenters. The normalized spacial score (nSPS) is 10.4. The van der Waals surface area contributed by atoms with Crippen LogP contribution in [0, 0.1) is 0 Å². The number of amides is 2. The second-order valence-electron chi connectivity index (χ2n) is 6.15. The molecule has 0 aliphatic rings. The summed E-state index contributed by atoms with van der Waals surface area (Å²) < 4.78 is 12.4. The Morgan fingerprint density at radius 2 is 1.86 bits per heavy atom. The second kappa shape index (κ2) is 9.41. The summed E-state index contributed by atoms with van der Waals surface area (Å²) >= 11 is 0. The quantitative estimate of drug-likeness (QED) is 0.609. The van der Waals surface area contributed by atoms with E-state index in [0.29, 0.717) is 23.7 Å². The average molecular weight is 395 g/mol. The van der Waals surface area contributed by atoms with Crippen molar-refractivity contribution >= 4 is 17.5 Å². The summed E-state index contributed by atoms with van der Waals surface area (Å²) in [4.78, 5) is 35.5. The van der Waals surface area contributed by atoms with Gasteiger partial charge in [-0.2, -0.15) is 0 Å². The number of nitrogens with one attached hydrogen (secondary N) is 2. The van der Waals surface area contributed by atoms with Crippen LogP contribution in [-0.2, 0) is 11.3 Å². The van der Waals surface area contributed by atoms with Crippen LogP contribution in [0.5, 0.6) is 5.75 Å². The predicted octanol–water partition coefficient (Wildman–Crippen LogP) is 2.26. The van der Waals surface area contributed by atoms with Crippen LogP contribution in [0.25, 0.3) is 0 Å². The van der Waals surface area contributed by atoms with Crippen molar-refractivity contribution in [2.45, 2.75) is 13.5 Å². The molecule has 8 heteroatoms. The lowest BCUT2D eigenvalue weighted by Crippen LogP contribution is -2.28. The summed E-state index contributed by atoms with van der Waals surface area (Å²) in [6.07, 6.45) is 1.65. The van der Waals surface area contributed by atoms with Crippen LogP contribution in [0.1, 0.15) is 23.2 Å². The van der Waals surface area contributed by atoms with E-state index in [4.69, 9.17) is 9.15 Å². The SMILES string of the molecule is CCNC(=O)COc1ccc(NC(=O)c2ccc(Cn3ccccc3=O)o2)cc1. The van der Waals surface area contributed by atoms with E-state index in [-0.39, 0.29) is 30.4 Å². The Morgan fingerprint density at radius 3 is 2.59 bits per heavy atom. The van der Waals surface area contributed by atoms with Gasteiger partial charge in [0.15, 0.2) is 12.4 Å². The molecule has 0 spiro atoms. The van der Waals surface area contributed by atoms with E-state index < -0.39 is 5.91 Å². The Balaban J connectivity index is 1.56. The number of anilines is 1. The fourth-order valence-corrected chi connectivity index (χ4v) is 2.57. The standard InChI is InChI=1S/C21H21N3O5/c1-2-22-19(25)14-28-16-8-6-15(7-9-16)23-21(27)18-11-10-17(29-18)13-24-12-4-3-5-20(24)26/h3-12H,2,13-14H2,1H3,(H,22,25)(H,23,27). The van der Waals surface area contributed by atoms with Gasteiger partial charge in [0.2, 0.25) is 0 Å². The number of ether oxygens (including phenoxy) is 1. The molecular formula is C21H21N3O5. The Labute approximate surface area is 167 Å². The lowest BCUT2D eigenvalue weighted by molar-refractivity contribution is -0.122. The highest BCUT2D eigenvalue weighted by Crippen LogP contribution is 2.17. The molecular weight excluding hydrogens is 374 g/mol. The highest BCUT2D eigenvalue weighted by Gasteiger charge is 2.12. The molecule has 0 saturated carbocycles. The highest BCUT2D eigenvalue weighted by molar-refractivity contribution is 6.02. The van der Waals surface area contributed by atoms with Crippen LogP contribution in [0.15, 0.2) is 70.0 Å². The smallest absolute Gasteiger partial charge is 0.291 e. The summed E-state index contributed by atoms with van der Waals surface area (Å²) in [5.41, 5.74) is 0.405. The minimum absolute atomic E-state index is 0.0702. The molecule has 29 heavy (non-hydrogen) atoms. The molecule has 0 saturated heterocycles. The van der Waals surface area contributed by atoms with E-state index in [0.717, 1.165) is 0 Å². The van der Waals surface area contributed by atoms with Gasteiger partial charge in [0.05, 0.1) is 6.54 Å². The molecule has 2 N–H and O–H groups in total. The van der Waals surface area contributed by atoms with Crippen molar-refractivity contribution in [1.29, 1.82) is 0 Å². The molecule has 0 aliphatic heterocycles. The van der Waals surface area contributed by atoms with E-state index in [1.165, 1.54) is 10.6 Å². The zero-order valence-corrected chi connectivity index (χ0v) is 15.9. The van der Waals surface area contributed by atoms with Crippen LogP contribution in [0.3, 0.4) is 0 Å². The largest absolute Gasteiger partial charge is 0.484 e. The van der Waals surface area contributed by atoms with Gasteiger partial charge >= 0.3 is 0 Å². The fraction of sp³-hybridized carbons (Fsp3) is 0.190. The second-order valence-corrected chi connectivity index (χ2v) is 6.15. The maximum atomic E-state index is 12.4. The van der Waals surface area contributed by atoms with Crippen molar-refractivity contribution in [1.82, 2.24) is 9.88 Å². The minimum atomic E-state index is -0.410. The third-order valence-corrected chi connectivity index (χ3v) is 3.97. The van der Waals surface area contributed by atoms with Gasteiger partial charge in [-0.1, -0.05) is 6.07 Å². The van der Waals surface area contributed by atoms with E-state index in [1.807, 2.05) is 6.92 Å². The number of hydrogen-bond donors (Lipinski definition) is 2. The number of rotatable bonds is 8. The van der Waals surface area contributed by atoms with Crippen LogP contribution >= 0.6 is 0 Å². The highest BCUT2D eigenvalue weighted by atomic mass is 16.5. The lowest BCUT2D eigenvalue weighted by atomic mass is 10.3. The minimum Gasteiger partial charge on any atom is -0.484 e. The number of nitrogens with zero attached hydrogens (tertiary/aromatic N) is 1. The number of aromatic nitrogens is 1. The number of furan rings is 1. The van der Waals surface area contributed by atoms with Gasteiger partial charge in [-0.15, -0.1) is 0 Å². The Hall–Kier alpha value is -3.81. The molecule has 2 amide bonds. The third kappa shape index (κ3) is 5.58. The first-order valence-corrected chi connectivity index (χ1v) is 9.10. The molecule has 0 atom stereocenters. The molecule has 3 rings (SSSR count). The van der Waals surface area contributed by atoms with Gasteiger partial charge in [-0.25, -0.2) is 0 Å². The van der Waals surface area contributed by atoms with Gasteiger partial charge in [-0.3, -0.25) is 14.4 Å². The summed E-state index contributed by atoms with van der Waals surface area (Å²) in [5, 5.41) is 5.36. The summed E-state index contributed by atoms with van der Waals surface area (Å²) in [5.74, 6) is 0.546. The van der Waals surface area contributed by atoms with Crippen LogP contribution in [-0.4, -0.2) is 29.5 Å². The third-order valence-electron chi connectivity index (χ3n) is 3.97. The fourth-order valence-electron chi connectivity index (χ4n) is 2.57. The number of carbonyl (C=O) groups excluding carboxylic acids is 2. The van der Waals surface area contributed by atoms with Crippen LogP contribution in [0.2, 0.25) is 0 Å². The van der Waals surface area contributed by atoms with Crippen molar-refractivity contribution in [3.63, 3.8) is 0 Å². The molecule has 2 heterocycles. The first-order valence-electron chi connectivity index (χ1n) is 9.10. The molecule has 0 aliphatic carbocycles. The molecule has 150 valence electrons. The monoisotopic (exact) mass is 395 g/mol. The number of carbonyl (C=O) groups is 2. The number of pyridine rings is 1. The van der Waals surface area contributed by atoms with Crippen LogP contribution < -0.4 is 20.9 Å². The predicted molar refractivity (Wildman–Crippen MR) is 107 cm³/mol. The van der Waals surface area contributed by atoms with Crippen molar-refractivity contribution in [3.8, 4) is 5.75 Å².